The van der Waals surface area contributed by atoms with Crippen LogP contribution >= 0.6 is 27.5 Å². The fraction of sp³-hybridized carbons (Fsp3) is 0.0667. The lowest BCUT2D eigenvalue weighted by Crippen LogP contribution is -2.27. The molecule has 0 saturated carbocycles. The topological polar surface area (TPSA) is 81.2 Å². The molecule has 9 heteroatoms. The number of aromatic nitrogens is 2. The van der Waals surface area contributed by atoms with Crippen LogP contribution < -0.4 is 5.32 Å². The zero-order valence-electron chi connectivity index (χ0n) is 12.1. The Labute approximate surface area is 149 Å². The lowest BCUT2D eigenvalue weighted by Gasteiger charge is -2.16. The fourth-order valence-electron chi connectivity index (χ4n) is 2.19. The number of anilines is 2. The summed E-state index contributed by atoms with van der Waals surface area (Å²) in [5.74, 6) is -0.885. The van der Waals surface area contributed by atoms with Gasteiger partial charge in [-0.15, -0.1) is 0 Å². The highest BCUT2D eigenvalue weighted by Crippen LogP contribution is 2.31. The van der Waals surface area contributed by atoms with Crippen molar-refractivity contribution in [1.82, 2.24) is 15.0 Å². The van der Waals surface area contributed by atoms with Crippen LogP contribution in [-0.2, 0) is 0 Å². The zero-order valence-corrected chi connectivity index (χ0v) is 14.4. The van der Waals surface area contributed by atoms with Gasteiger partial charge < -0.3 is 10.3 Å². The third kappa shape index (κ3) is 3.21. The smallest absolute Gasteiger partial charge is 0.281 e. The number of fused-ring (bicyclic) bond motifs is 1. The number of benzene rings is 2. The molecule has 3 aromatic rings. The van der Waals surface area contributed by atoms with Crippen molar-refractivity contribution in [3.63, 3.8) is 0 Å². The van der Waals surface area contributed by atoms with Gasteiger partial charge in [0.15, 0.2) is 6.80 Å². The first kappa shape index (κ1) is 16.7. The number of imidazole rings is 1. The van der Waals surface area contributed by atoms with Crippen LogP contribution in [0.5, 0.6) is 0 Å². The molecule has 0 spiro atoms. The van der Waals surface area contributed by atoms with Crippen LogP contribution in [0.4, 0.5) is 15.8 Å². The molecule has 2 aromatic carbocycles. The van der Waals surface area contributed by atoms with Gasteiger partial charge in [-0.3, -0.25) is 10.0 Å². The largest absolute Gasteiger partial charge is 0.354 e. The highest BCUT2D eigenvalue weighted by Gasteiger charge is 2.20. The van der Waals surface area contributed by atoms with Crippen molar-refractivity contribution in [3.05, 3.63) is 51.7 Å². The summed E-state index contributed by atoms with van der Waals surface area (Å²) in [5.41, 5.74) is 2.15. The summed E-state index contributed by atoms with van der Waals surface area (Å²) >= 11 is 9.49. The van der Waals surface area contributed by atoms with E-state index in [9.17, 15) is 14.4 Å². The number of carbonyl (C=O) groups excluding carboxylic acids is 1. The first-order valence-electron chi connectivity index (χ1n) is 6.75. The van der Waals surface area contributed by atoms with Crippen molar-refractivity contribution in [3.8, 4) is 0 Å². The molecule has 3 rings (SSSR count). The molecule has 0 aliphatic rings. The van der Waals surface area contributed by atoms with Crippen molar-refractivity contribution in [2.45, 2.75) is 0 Å². The van der Waals surface area contributed by atoms with Gasteiger partial charge >= 0.3 is 0 Å². The molecular formula is C15H11BrClFN4O2. The molecule has 3 N–H and O–H groups in total. The van der Waals surface area contributed by atoms with Gasteiger partial charge in [0.1, 0.15) is 0 Å². The molecule has 0 fully saturated rings. The zero-order chi connectivity index (χ0) is 17.3. The Kier molecular flexibility index (Phi) is 4.70. The van der Waals surface area contributed by atoms with Gasteiger partial charge in [0.25, 0.3) is 5.91 Å². The Bertz CT molecular complexity index is 918. The summed E-state index contributed by atoms with van der Waals surface area (Å²) in [5, 5.41) is 12.8. The van der Waals surface area contributed by atoms with Crippen molar-refractivity contribution >= 4 is 55.8 Å². The molecule has 0 unspecified atom stereocenters. The second-order valence-corrected chi connectivity index (χ2v) is 6.21. The minimum atomic E-state index is -1.32. The maximum atomic E-state index is 12.6. The first-order chi connectivity index (χ1) is 11.5. The second-order valence-electron chi connectivity index (χ2n) is 4.89. The highest BCUT2D eigenvalue weighted by atomic mass is 79.9. The van der Waals surface area contributed by atoms with E-state index >= 15 is 0 Å². The van der Waals surface area contributed by atoms with Gasteiger partial charge in [-0.1, -0.05) is 27.5 Å². The number of nitrogens with one attached hydrogen (secondary N) is 2. The highest BCUT2D eigenvalue weighted by molar-refractivity contribution is 9.10. The van der Waals surface area contributed by atoms with E-state index in [-0.39, 0.29) is 10.6 Å². The number of amides is 1. The van der Waals surface area contributed by atoms with Gasteiger partial charge in [0.2, 0.25) is 0 Å². The molecule has 0 aliphatic heterocycles. The third-order valence-electron chi connectivity index (χ3n) is 3.34. The molecular weight excluding hydrogens is 403 g/mol. The van der Waals surface area contributed by atoms with Gasteiger partial charge in [-0.2, -0.15) is 5.06 Å². The van der Waals surface area contributed by atoms with Gasteiger partial charge in [0.05, 0.1) is 39.3 Å². The van der Waals surface area contributed by atoms with E-state index in [2.05, 4.69) is 31.2 Å². The van der Waals surface area contributed by atoms with Crippen LogP contribution in [0.2, 0.25) is 5.02 Å². The monoisotopic (exact) mass is 412 g/mol. The molecule has 0 saturated heterocycles. The van der Waals surface area contributed by atoms with Gasteiger partial charge in [-0.25, -0.2) is 9.37 Å². The second kappa shape index (κ2) is 6.76. The number of alkyl halides is 1. The number of rotatable bonds is 4. The van der Waals surface area contributed by atoms with Gasteiger partial charge in [-0.05, 0) is 30.3 Å². The van der Waals surface area contributed by atoms with Crippen LogP contribution in [0.3, 0.4) is 0 Å². The molecule has 0 aliphatic carbocycles. The summed E-state index contributed by atoms with van der Waals surface area (Å²) in [6.07, 6.45) is 1.47. The molecule has 1 amide bonds. The Morgan fingerprint density at radius 3 is 2.88 bits per heavy atom. The number of aromatic amines is 1. The SMILES string of the molecule is O=C(c1cc2[nH]cnc2cc1Nc1ccc(Br)cc1Cl)N(O)CF. The van der Waals surface area contributed by atoms with Crippen molar-refractivity contribution in [2.24, 2.45) is 0 Å². The molecule has 0 radical (unpaired) electrons. The molecule has 0 atom stereocenters. The van der Waals surface area contributed by atoms with Crippen LogP contribution in [0, 0.1) is 0 Å². The summed E-state index contributed by atoms with van der Waals surface area (Å²) < 4.78 is 13.4. The van der Waals surface area contributed by atoms with Gasteiger partial charge in [0, 0.05) is 4.47 Å². The lowest BCUT2D eigenvalue weighted by molar-refractivity contribution is -0.0827. The van der Waals surface area contributed by atoms with Crippen molar-refractivity contribution in [1.29, 1.82) is 0 Å². The fourth-order valence-corrected chi connectivity index (χ4v) is 2.91. The number of nitrogens with zero attached hydrogens (tertiary/aromatic N) is 2. The molecule has 6 nitrogen and oxygen atoms in total. The molecule has 1 heterocycles. The van der Waals surface area contributed by atoms with Crippen LogP contribution in [0.15, 0.2) is 41.1 Å². The quantitative estimate of drug-likeness (QED) is 0.335. The minimum absolute atomic E-state index is 0.00803. The minimum Gasteiger partial charge on any atom is -0.354 e. The normalized spacial score (nSPS) is 10.8. The van der Waals surface area contributed by atoms with E-state index in [1.807, 2.05) is 0 Å². The summed E-state index contributed by atoms with van der Waals surface area (Å²) in [6.45, 7) is -1.32. The first-order valence-corrected chi connectivity index (χ1v) is 7.92. The average molecular weight is 414 g/mol. The Morgan fingerprint density at radius 1 is 1.38 bits per heavy atom. The summed E-state index contributed by atoms with van der Waals surface area (Å²) in [7, 11) is 0. The molecule has 0 bridgehead atoms. The van der Waals surface area contributed by atoms with Crippen LogP contribution in [0.25, 0.3) is 11.0 Å². The number of hydrogen-bond acceptors (Lipinski definition) is 4. The van der Waals surface area contributed by atoms with E-state index in [1.165, 1.54) is 12.4 Å². The van der Waals surface area contributed by atoms with Crippen LogP contribution in [0.1, 0.15) is 10.4 Å². The predicted octanol–water partition coefficient (Wildman–Crippen LogP) is 4.48. The van der Waals surface area contributed by atoms with Crippen molar-refractivity contribution < 1.29 is 14.4 Å². The van der Waals surface area contributed by atoms with E-state index in [0.717, 1.165) is 4.47 Å². The van der Waals surface area contributed by atoms with E-state index in [4.69, 9.17) is 11.6 Å². The van der Waals surface area contributed by atoms with Crippen LogP contribution in [-0.4, -0.2) is 32.9 Å². The van der Waals surface area contributed by atoms with E-state index in [0.29, 0.717) is 27.4 Å². The van der Waals surface area contributed by atoms with E-state index in [1.54, 1.807) is 24.3 Å². The number of H-pyrrole nitrogens is 1. The number of halogens is 3. The molecule has 124 valence electrons. The molecule has 24 heavy (non-hydrogen) atoms. The maximum absolute atomic E-state index is 12.6. The lowest BCUT2D eigenvalue weighted by atomic mass is 10.1. The van der Waals surface area contributed by atoms with E-state index < -0.39 is 12.7 Å². The maximum Gasteiger partial charge on any atom is 0.281 e. The Hall–Kier alpha value is -2.16. The third-order valence-corrected chi connectivity index (χ3v) is 4.14. The van der Waals surface area contributed by atoms with Crippen molar-refractivity contribution in [2.75, 3.05) is 12.1 Å². The summed E-state index contributed by atoms with van der Waals surface area (Å²) in [6, 6.07) is 8.30. The standard InChI is InChI=1S/C15H11BrClFN4O2/c16-8-1-2-11(10(17)3-8)21-12-5-14-13(19-7-20-14)4-9(12)15(23)22(24)6-18/h1-5,7,21,24H,6H2,(H,19,20). The average Bonchev–Trinajstić information content (AvgIpc) is 3.02. The molecule has 1 aromatic heterocycles. The number of carbonyl (C=O) groups is 1. The number of hydrogen-bond donors (Lipinski definition) is 3. The Balaban J connectivity index is 2.08. The number of hydroxylamine groups is 2. The summed E-state index contributed by atoms with van der Waals surface area (Å²) in [4.78, 5) is 19.2. The Morgan fingerprint density at radius 2 is 2.17 bits per heavy atom. The predicted molar refractivity (Wildman–Crippen MR) is 92.5 cm³/mol.